The maximum Gasteiger partial charge on any atom is 0.244 e. The first kappa shape index (κ1) is 23.7. The zero-order valence-electron chi connectivity index (χ0n) is 15.2. The van der Waals surface area contributed by atoms with Gasteiger partial charge in [0.1, 0.15) is 5.54 Å². The van der Waals surface area contributed by atoms with E-state index in [1.165, 1.54) is 25.7 Å². The summed E-state index contributed by atoms with van der Waals surface area (Å²) in [5.74, 6) is -0.0795. The lowest BCUT2D eigenvalue weighted by Crippen LogP contribution is -2.54. The second-order valence-corrected chi connectivity index (χ2v) is 8.35. The van der Waals surface area contributed by atoms with Crippen molar-refractivity contribution in [2.45, 2.75) is 63.1 Å². The Morgan fingerprint density at radius 2 is 1.65 bits per heavy atom. The Morgan fingerprint density at radius 1 is 1.12 bits per heavy atom. The highest BCUT2D eigenvalue weighted by Gasteiger charge is 2.33. The highest BCUT2D eigenvalue weighted by atomic mass is 79.9. The molecule has 1 aromatic rings. The summed E-state index contributed by atoms with van der Waals surface area (Å²) in [5.41, 5.74) is 6.18. The first-order valence-electron chi connectivity index (χ1n) is 9.07. The maximum atomic E-state index is 12.7. The van der Waals surface area contributed by atoms with Crippen molar-refractivity contribution in [2.75, 3.05) is 13.1 Å². The molecule has 26 heavy (non-hydrogen) atoms. The minimum absolute atomic E-state index is 0. The topological polar surface area (TPSA) is 58.4 Å². The Morgan fingerprint density at radius 3 is 2.19 bits per heavy atom. The van der Waals surface area contributed by atoms with Crippen molar-refractivity contribution >= 4 is 46.7 Å². The molecule has 2 fully saturated rings. The van der Waals surface area contributed by atoms with E-state index in [9.17, 15) is 4.79 Å². The van der Waals surface area contributed by atoms with Crippen molar-refractivity contribution in [3.8, 4) is 0 Å². The number of halogens is 3. The van der Waals surface area contributed by atoms with Crippen LogP contribution < -0.4 is 11.1 Å². The second-order valence-electron chi connectivity index (χ2n) is 7.43. The highest BCUT2D eigenvalue weighted by molar-refractivity contribution is 9.10. The van der Waals surface area contributed by atoms with Crippen LogP contribution in [-0.2, 0) is 10.3 Å². The van der Waals surface area contributed by atoms with Crippen molar-refractivity contribution in [3.05, 3.63) is 34.3 Å². The summed E-state index contributed by atoms with van der Waals surface area (Å²) in [6.45, 7) is 3.98. The van der Waals surface area contributed by atoms with Gasteiger partial charge in [-0.2, -0.15) is 0 Å². The van der Waals surface area contributed by atoms with E-state index in [1.807, 2.05) is 24.3 Å². The molecule has 3 rings (SSSR count). The molecule has 148 valence electrons. The predicted octanol–water partition coefficient (Wildman–Crippen LogP) is 3.99. The number of carbonyl (C=O) groups excluding carboxylic acids is 1. The zero-order chi connectivity index (χ0) is 17.2. The van der Waals surface area contributed by atoms with Crippen LogP contribution >= 0.6 is 40.7 Å². The van der Waals surface area contributed by atoms with Crippen molar-refractivity contribution < 1.29 is 4.79 Å². The van der Waals surface area contributed by atoms with Crippen LogP contribution in [0.5, 0.6) is 0 Å². The lowest BCUT2D eigenvalue weighted by Gasteiger charge is -2.37. The molecule has 7 heteroatoms. The monoisotopic (exact) mass is 465 g/mol. The molecular weight excluding hydrogens is 437 g/mol. The third kappa shape index (κ3) is 5.59. The Labute approximate surface area is 177 Å². The van der Waals surface area contributed by atoms with Gasteiger partial charge in [0.25, 0.3) is 0 Å². The number of likely N-dealkylation sites (tertiary alicyclic amines) is 1. The van der Waals surface area contributed by atoms with Crippen molar-refractivity contribution in [2.24, 2.45) is 5.73 Å². The minimum atomic E-state index is -0.997. The molecular formula is C19H30BrCl2N3O. The Bertz CT molecular complexity index is 569. The molecule has 1 aliphatic carbocycles. The molecule has 1 unspecified atom stereocenters. The number of hydrogen-bond donors (Lipinski definition) is 2. The van der Waals surface area contributed by atoms with E-state index in [1.54, 1.807) is 6.92 Å². The third-order valence-corrected chi connectivity index (χ3v) is 6.15. The number of nitrogens with one attached hydrogen (secondary N) is 1. The summed E-state index contributed by atoms with van der Waals surface area (Å²) in [7, 11) is 0. The first-order chi connectivity index (χ1) is 11.5. The first-order valence-corrected chi connectivity index (χ1v) is 9.86. The summed E-state index contributed by atoms with van der Waals surface area (Å²) in [4.78, 5) is 15.3. The van der Waals surface area contributed by atoms with Gasteiger partial charge in [-0.25, -0.2) is 0 Å². The summed E-state index contributed by atoms with van der Waals surface area (Å²) in [6, 6.07) is 8.69. The smallest absolute Gasteiger partial charge is 0.244 e. The second kappa shape index (κ2) is 10.3. The van der Waals surface area contributed by atoms with Crippen LogP contribution in [0, 0.1) is 0 Å². The average molecular weight is 467 g/mol. The van der Waals surface area contributed by atoms with Crippen LogP contribution in [0.3, 0.4) is 0 Å². The average Bonchev–Trinajstić information content (AvgIpc) is 3.10. The Kier molecular flexibility index (Phi) is 9.37. The van der Waals surface area contributed by atoms with Gasteiger partial charge in [-0.15, -0.1) is 24.8 Å². The maximum absolute atomic E-state index is 12.7. The van der Waals surface area contributed by atoms with Gasteiger partial charge in [0.15, 0.2) is 0 Å². The molecule has 3 N–H and O–H groups in total. The molecule has 1 saturated carbocycles. The Hall–Kier alpha value is -0.330. The van der Waals surface area contributed by atoms with Crippen molar-refractivity contribution in [1.29, 1.82) is 0 Å². The number of carbonyl (C=O) groups is 1. The number of amides is 1. The molecule has 0 spiro atoms. The van der Waals surface area contributed by atoms with Gasteiger partial charge in [-0.05, 0) is 50.3 Å². The summed E-state index contributed by atoms with van der Waals surface area (Å²) in [6.07, 6.45) is 7.50. The summed E-state index contributed by atoms with van der Waals surface area (Å²) < 4.78 is 0.988. The molecule has 1 atom stereocenters. The van der Waals surface area contributed by atoms with Gasteiger partial charge in [-0.1, -0.05) is 40.9 Å². The van der Waals surface area contributed by atoms with Gasteiger partial charge in [0.05, 0.1) is 0 Å². The van der Waals surface area contributed by atoms with Crippen LogP contribution in [0.2, 0.25) is 0 Å². The molecule has 2 aliphatic rings. The summed E-state index contributed by atoms with van der Waals surface area (Å²) >= 11 is 3.42. The van der Waals surface area contributed by atoms with E-state index in [2.05, 4.69) is 26.1 Å². The zero-order valence-corrected chi connectivity index (χ0v) is 18.5. The molecule has 0 bridgehead atoms. The number of rotatable bonds is 4. The summed E-state index contributed by atoms with van der Waals surface area (Å²) in [5, 5.41) is 3.18. The number of hydrogen-bond acceptors (Lipinski definition) is 3. The lowest BCUT2D eigenvalue weighted by molar-refractivity contribution is -0.127. The highest BCUT2D eigenvalue weighted by Crippen LogP contribution is 2.27. The molecule has 0 radical (unpaired) electrons. The number of nitrogens with zero attached hydrogens (tertiary/aromatic N) is 1. The van der Waals surface area contributed by atoms with E-state index in [4.69, 9.17) is 5.73 Å². The third-order valence-electron chi connectivity index (χ3n) is 5.62. The van der Waals surface area contributed by atoms with Crippen LogP contribution in [-0.4, -0.2) is 36.0 Å². The van der Waals surface area contributed by atoms with Gasteiger partial charge >= 0.3 is 0 Å². The predicted molar refractivity (Wildman–Crippen MR) is 115 cm³/mol. The fraction of sp³-hybridized carbons (Fsp3) is 0.632. The largest absolute Gasteiger partial charge is 0.351 e. The number of benzene rings is 1. The molecule has 1 saturated heterocycles. The van der Waals surface area contributed by atoms with E-state index >= 15 is 0 Å². The van der Waals surface area contributed by atoms with Crippen LogP contribution in [0.15, 0.2) is 28.7 Å². The van der Waals surface area contributed by atoms with Crippen molar-refractivity contribution in [3.63, 3.8) is 0 Å². The molecule has 0 aromatic heterocycles. The van der Waals surface area contributed by atoms with Crippen LogP contribution in [0.4, 0.5) is 0 Å². The van der Waals surface area contributed by atoms with Gasteiger partial charge in [0, 0.05) is 29.6 Å². The fourth-order valence-corrected chi connectivity index (χ4v) is 4.21. The molecule has 1 aromatic carbocycles. The SMILES string of the molecule is CC(N)(C(=O)NC1CCN(C2CCCC2)CC1)c1ccc(Br)cc1.Cl.Cl. The number of piperidine rings is 1. The Balaban J connectivity index is 0.00000169. The lowest BCUT2D eigenvalue weighted by atomic mass is 9.91. The minimum Gasteiger partial charge on any atom is -0.351 e. The van der Waals surface area contributed by atoms with Crippen LogP contribution in [0.1, 0.15) is 51.0 Å². The molecule has 1 amide bonds. The normalized spacial score (nSPS) is 21.3. The molecule has 4 nitrogen and oxygen atoms in total. The molecule has 1 aliphatic heterocycles. The molecule has 1 heterocycles. The van der Waals surface area contributed by atoms with E-state index < -0.39 is 5.54 Å². The van der Waals surface area contributed by atoms with Gasteiger partial charge < -0.3 is 16.0 Å². The van der Waals surface area contributed by atoms with Gasteiger partial charge in [-0.3, -0.25) is 4.79 Å². The number of nitrogens with two attached hydrogens (primary N) is 1. The van der Waals surface area contributed by atoms with E-state index in [-0.39, 0.29) is 36.8 Å². The quantitative estimate of drug-likeness (QED) is 0.705. The van der Waals surface area contributed by atoms with Crippen LogP contribution in [0.25, 0.3) is 0 Å². The fourth-order valence-electron chi connectivity index (χ4n) is 3.94. The van der Waals surface area contributed by atoms with E-state index in [0.717, 1.165) is 42.0 Å². The standard InChI is InChI=1S/C19H28BrN3O.2ClH/c1-19(21,14-6-8-15(20)9-7-14)18(24)22-16-10-12-23(13-11-16)17-4-2-3-5-17;;/h6-9,16-17H,2-5,10-13,21H2,1H3,(H,22,24);2*1H. The van der Waals surface area contributed by atoms with Crippen molar-refractivity contribution in [1.82, 2.24) is 10.2 Å². The van der Waals surface area contributed by atoms with E-state index in [0.29, 0.717) is 0 Å². The van der Waals surface area contributed by atoms with Gasteiger partial charge in [0.2, 0.25) is 5.91 Å².